The van der Waals surface area contributed by atoms with E-state index in [4.69, 9.17) is 4.74 Å². The third-order valence-corrected chi connectivity index (χ3v) is 4.78. The first-order valence-electron chi connectivity index (χ1n) is 8.63. The topological polar surface area (TPSA) is 48.3 Å². The normalized spacial score (nSPS) is 16.5. The van der Waals surface area contributed by atoms with Crippen molar-refractivity contribution < 1.29 is 9.53 Å². The Hall–Kier alpha value is -2.36. The van der Waals surface area contributed by atoms with Gasteiger partial charge in [-0.15, -0.1) is 0 Å². The van der Waals surface area contributed by atoms with E-state index in [9.17, 15) is 9.59 Å². The summed E-state index contributed by atoms with van der Waals surface area (Å²) in [7, 11) is 0. The minimum atomic E-state index is -0.649. The van der Waals surface area contributed by atoms with Gasteiger partial charge < -0.3 is 4.74 Å². The molecular weight excluding hydrogens is 302 g/mol. The molecule has 1 aromatic heterocycles. The van der Waals surface area contributed by atoms with Crippen molar-refractivity contribution in [1.29, 1.82) is 0 Å². The van der Waals surface area contributed by atoms with E-state index in [0.717, 1.165) is 10.1 Å². The molecule has 0 saturated heterocycles. The molecule has 1 aliphatic rings. The van der Waals surface area contributed by atoms with Crippen LogP contribution in [0.15, 0.2) is 53.5 Å². The van der Waals surface area contributed by atoms with Gasteiger partial charge in [0.25, 0.3) is 5.56 Å². The molecule has 0 aliphatic heterocycles. The lowest BCUT2D eigenvalue weighted by Crippen LogP contribution is -2.27. The molecule has 0 spiro atoms. The predicted molar refractivity (Wildman–Crippen MR) is 93.3 cm³/mol. The fraction of sp³-hybridized carbons (Fsp3) is 0.400. The van der Waals surface area contributed by atoms with Gasteiger partial charge in [-0.1, -0.05) is 49.6 Å². The number of nitrogens with zero attached hydrogens (tertiary/aromatic N) is 1. The highest BCUT2D eigenvalue weighted by atomic mass is 16.6. The summed E-state index contributed by atoms with van der Waals surface area (Å²) in [4.78, 5) is 23.8. The summed E-state index contributed by atoms with van der Waals surface area (Å²) in [5.41, 5.74) is 1.92. The maximum atomic E-state index is 12.1. The molecule has 3 rings (SSSR count). The van der Waals surface area contributed by atoms with Crippen molar-refractivity contribution in [2.24, 2.45) is 0 Å². The number of carbonyl (C=O) groups excluding carboxylic acids is 1. The molecule has 4 nitrogen and oxygen atoms in total. The lowest BCUT2D eigenvalue weighted by atomic mass is 9.84. The Morgan fingerprint density at radius 2 is 1.79 bits per heavy atom. The van der Waals surface area contributed by atoms with Crippen LogP contribution >= 0.6 is 0 Å². The number of pyridine rings is 1. The monoisotopic (exact) mass is 325 g/mol. The zero-order chi connectivity index (χ0) is 16.9. The van der Waals surface area contributed by atoms with Gasteiger partial charge in [-0.05, 0) is 42.9 Å². The van der Waals surface area contributed by atoms with Crippen molar-refractivity contribution in [2.75, 3.05) is 0 Å². The van der Waals surface area contributed by atoms with E-state index in [2.05, 4.69) is 12.1 Å². The van der Waals surface area contributed by atoms with Crippen LogP contribution in [-0.2, 0) is 4.74 Å². The molecule has 2 aromatic rings. The molecule has 1 aliphatic carbocycles. The van der Waals surface area contributed by atoms with Crippen LogP contribution in [0.2, 0.25) is 0 Å². The molecule has 0 bridgehead atoms. The van der Waals surface area contributed by atoms with Crippen molar-refractivity contribution in [3.05, 3.63) is 70.1 Å². The molecule has 24 heavy (non-hydrogen) atoms. The summed E-state index contributed by atoms with van der Waals surface area (Å²) in [6.07, 6.45) is 6.87. The molecule has 1 saturated carbocycles. The van der Waals surface area contributed by atoms with Gasteiger partial charge in [-0.3, -0.25) is 4.79 Å². The molecule has 1 fully saturated rings. The summed E-state index contributed by atoms with van der Waals surface area (Å²) >= 11 is 0. The first kappa shape index (κ1) is 16.5. The van der Waals surface area contributed by atoms with E-state index >= 15 is 0 Å². The molecule has 1 atom stereocenters. The Morgan fingerprint density at radius 1 is 1.08 bits per heavy atom. The number of benzene rings is 1. The van der Waals surface area contributed by atoms with E-state index < -0.39 is 12.2 Å². The van der Waals surface area contributed by atoms with Crippen LogP contribution in [0.1, 0.15) is 62.2 Å². The lowest BCUT2D eigenvalue weighted by Gasteiger charge is -2.22. The first-order valence-corrected chi connectivity index (χ1v) is 8.63. The van der Waals surface area contributed by atoms with Crippen LogP contribution in [-0.4, -0.2) is 10.7 Å². The second kappa shape index (κ2) is 7.47. The number of hydrogen-bond donors (Lipinski definition) is 0. The van der Waals surface area contributed by atoms with Gasteiger partial charge in [0.15, 0.2) is 0 Å². The highest BCUT2D eigenvalue weighted by Crippen LogP contribution is 2.33. The Kier molecular flexibility index (Phi) is 5.14. The SMILES string of the molecule is CC(OC(=O)n1ccccc1=O)c1ccc(C2CCCCC2)cc1. The quantitative estimate of drug-likeness (QED) is 0.826. The summed E-state index contributed by atoms with van der Waals surface area (Å²) in [6.45, 7) is 1.82. The van der Waals surface area contributed by atoms with Gasteiger partial charge in [0.2, 0.25) is 0 Å². The number of ether oxygens (including phenoxy) is 1. The van der Waals surface area contributed by atoms with E-state index in [0.29, 0.717) is 5.92 Å². The van der Waals surface area contributed by atoms with Crippen molar-refractivity contribution in [3.8, 4) is 0 Å². The zero-order valence-electron chi connectivity index (χ0n) is 14.0. The van der Waals surface area contributed by atoms with Crippen LogP contribution in [0, 0.1) is 0 Å². The van der Waals surface area contributed by atoms with Crippen molar-refractivity contribution in [1.82, 2.24) is 4.57 Å². The van der Waals surface area contributed by atoms with Crippen molar-refractivity contribution in [2.45, 2.75) is 51.0 Å². The molecule has 0 N–H and O–H groups in total. The van der Waals surface area contributed by atoms with E-state index in [-0.39, 0.29) is 5.56 Å². The van der Waals surface area contributed by atoms with Crippen LogP contribution in [0.3, 0.4) is 0 Å². The van der Waals surface area contributed by atoms with Crippen molar-refractivity contribution >= 4 is 6.09 Å². The molecule has 1 heterocycles. The second-order valence-corrected chi connectivity index (χ2v) is 6.44. The largest absolute Gasteiger partial charge is 0.441 e. The van der Waals surface area contributed by atoms with Gasteiger partial charge in [0.05, 0.1) is 0 Å². The van der Waals surface area contributed by atoms with E-state index in [1.165, 1.54) is 49.9 Å². The average Bonchev–Trinajstić information content (AvgIpc) is 2.63. The Labute approximate surface area is 142 Å². The lowest BCUT2D eigenvalue weighted by molar-refractivity contribution is 0.107. The number of rotatable bonds is 3. The smallest absolute Gasteiger partial charge is 0.421 e. The third kappa shape index (κ3) is 3.75. The summed E-state index contributed by atoms with van der Waals surface area (Å²) < 4.78 is 6.39. The standard InChI is InChI=1S/C20H23NO3/c1-15(24-20(23)21-14-6-5-9-19(21)22)16-10-12-18(13-11-16)17-7-3-2-4-8-17/h5-6,9-15,17H,2-4,7-8H2,1H3. The van der Waals surface area contributed by atoms with Crippen LogP contribution in [0.5, 0.6) is 0 Å². The highest BCUT2D eigenvalue weighted by Gasteiger charge is 2.17. The Bertz CT molecular complexity index is 742. The average molecular weight is 325 g/mol. The molecule has 126 valence electrons. The van der Waals surface area contributed by atoms with E-state index in [1.807, 2.05) is 19.1 Å². The van der Waals surface area contributed by atoms with Gasteiger partial charge in [-0.25, -0.2) is 9.36 Å². The van der Waals surface area contributed by atoms with Gasteiger partial charge >= 0.3 is 6.09 Å². The van der Waals surface area contributed by atoms with Gasteiger partial charge in [0, 0.05) is 12.3 Å². The minimum Gasteiger partial charge on any atom is -0.441 e. The number of carbonyl (C=O) groups is 1. The second-order valence-electron chi connectivity index (χ2n) is 6.44. The molecule has 1 aromatic carbocycles. The molecule has 0 amide bonds. The fourth-order valence-corrected chi connectivity index (χ4v) is 3.33. The predicted octanol–water partition coefficient (Wildman–Crippen LogP) is 4.64. The van der Waals surface area contributed by atoms with Crippen molar-refractivity contribution in [3.63, 3.8) is 0 Å². The molecule has 4 heteroatoms. The molecule has 1 unspecified atom stereocenters. The third-order valence-electron chi connectivity index (χ3n) is 4.78. The van der Waals surface area contributed by atoms with E-state index in [1.54, 1.807) is 12.1 Å². The highest BCUT2D eigenvalue weighted by molar-refractivity contribution is 5.70. The minimum absolute atomic E-state index is 0.387. The first-order chi connectivity index (χ1) is 11.6. The Balaban J connectivity index is 1.66. The maximum absolute atomic E-state index is 12.1. The number of aromatic nitrogens is 1. The van der Waals surface area contributed by atoms with Gasteiger partial charge in [0.1, 0.15) is 6.10 Å². The zero-order valence-corrected chi connectivity index (χ0v) is 14.0. The van der Waals surface area contributed by atoms with Crippen LogP contribution in [0.4, 0.5) is 4.79 Å². The fourth-order valence-electron chi connectivity index (χ4n) is 3.33. The summed E-state index contributed by atoms with van der Waals surface area (Å²) in [5, 5.41) is 0. The van der Waals surface area contributed by atoms with Crippen LogP contribution in [0.25, 0.3) is 0 Å². The molecule has 0 radical (unpaired) electrons. The maximum Gasteiger partial charge on any atom is 0.421 e. The number of hydrogen-bond acceptors (Lipinski definition) is 3. The van der Waals surface area contributed by atoms with Gasteiger partial charge in [-0.2, -0.15) is 0 Å². The Morgan fingerprint density at radius 3 is 2.46 bits per heavy atom. The summed E-state index contributed by atoms with van der Waals surface area (Å²) in [5.74, 6) is 0.661. The molecular formula is C20H23NO3. The summed E-state index contributed by atoms with van der Waals surface area (Å²) in [6, 6.07) is 12.9. The van der Waals surface area contributed by atoms with Crippen LogP contribution < -0.4 is 5.56 Å².